The van der Waals surface area contributed by atoms with Crippen LogP contribution in [0.5, 0.6) is 0 Å². The number of carbonyl (C=O) groups excluding carboxylic acids is 1. The van der Waals surface area contributed by atoms with Gasteiger partial charge in [-0.05, 0) is 36.5 Å². The third-order valence-corrected chi connectivity index (χ3v) is 6.71. The fourth-order valence-corrected chi connectivity index (χ4v) is 4.35. The number of aryl methyl sites for hydroxylation is 1. The van der Waals surface area contributed by atoms with Crippen molar-refractivity contribution in [3.63, 3.8) is 0 Å². The first kappa shape index (κ1) is 21.5. The highest BCUT2D eigenvalue weighted by Gasteiger charge is 2.36. The highest BCUT2D eigenvalue weighted by atomic mass is 19.3. The molecule has 10 heteroatoms. The lowest BCUT2D eigenvalue weighted by Crippen LogP contribution is -2.42. The van der Waals surface area contributed by atoms with Gasteiger partial charge in [0.1, 0.15) is 5.82 Å². The van der Waals surface area contributed by atoms with Gasteiger partial charge in [0, 0.05) is 63.7 Å². The summed E-state index contributed by atoms with van der Waals surface area (Å²) < 4.78 is 29.6. The number of piperidine rings is 1. The molecule has 1 saturated heterocycles. The van der Waals surface area contributed by atoms with Gasteiger partial charge in [-0.15, -0.1) is 0 Å². The summed E-state index contributed by atoms with van der Waals surface area (Å²) in [5.74, 6) is -1.13. The molecule has 0 aromatic carbocycles. The Kier molecular flexibility index (Phi) is 5.18. The van der Waals surface area contributed by atoms with Gasteiger partial charge in [-0.3, -0.25) is 9.20 Å². The van der Waals surface area contributed by atoms with E-state index in [1.54, 1.807) is 25.4 Å². The molecule has 0 N–H and O–H groups in total. The Morgan fingerprint density at radius 1 is 1.24 bits per heavy atom. The van der Waals surface area contributed by atoms with Crippen LogP contribution < -0.4 is 10.6 Å². The summed E-state index contributed by atoms with van der Waals surface area (Å²) in [7, 11) is 1.61. The molecule has 2 atom stereocenters. The number of nitrogens with zero attached hydrogens (tertiary/aromatic N) is 6. The molecule has 1 saturated carbocycles. The first-order chi connectivity index (χ1) is 15.7. The molecule has 2 aliphatic rings. The van der Waals surface area contributed by atoms with Crippen LogP contribution in [0.4, 0.5) is 20.3 Å². The zero-order valence-electron chi connectivity index (χ0n) is 18.6. The predicted octanol–water partition coefficient (Wildman–Crippen LogP) is 3.09. The summed E-state index contributed by atoms with van der Waals surface area (Å²) in [6.45, 7) is 3.06. The lowest BCUT2D eigenvalue weighted by molar-refractivity contribution is -0.0494. The van der Waals surface area contributed by atoms with Gasteiger partial charge in [-0.2, -0.15) is 5.10 Å². The van der Waals surface area contributed by atoms with Crippen LogP contribution in [0.3, 0.4) is 0 Å². The van der Waals surface area contributed by atoms with Crippen molar-refractivity contribution in [2.75, 3.05) is 24.5 Å². The minimum atomic E-state index is -2.70. The molecule has 0 radical (unpaired) electrons. The number of pyridine rings is 2. The minimum absolute atomic E-state index is 0.0444. The highest BCUT2D eigenvalue weighted by molar-refractivity contribution is 5.94. The third-order valence-electron chi connectivity index (χ3n) is 6.71. The Labute approximate surface area is 189 Å². The van der Waals surface area contributed by atoms with Gasteiger partial charge in [0.2, 0.25) is 0 Å². The molecule has 174 valence electrons. The SMILES string of the molecule is CC1CC1CN(c1ccn2c(=O)n(C)nc2c1)c1ccc(C(=O)N2CCC(F)(F)CC2)cn1. The van der Waals surface area contributed by atoms with Gasteiger partial charge in [-0.1, -0.05) is 6.92 Å². The molecule has 0 spiro atoms. The number of anilines is 2. The number of carbonyl (C=O) groups is 1. The smallest absolute Gasteiger partial charge is 0.338 e. The number of likely N-dealkylation sites (tertiary alicyclic amines) is 1. The van der Waals surface area contributed by atoms with E-state index in [9.17, 15) is 18.4 Å². The van der Waals surface area contributed by atoms with E-state index < -0.39 is 5.92 Å². The molecule has 5 rings (SSSR count). The van der Waals surface area contributed by atoms with Crippen molar-refractivity contribution in [3.05, 3.63) is 52.7 Å². The van der Waals surface area contributed by atoms with Gasteiger partial charge in [0.25, 0.3) is 11.8 Å². The molecule has 4 heterocycles. The maximum absolute atomic E-state index is 13.4. The molecular weight excluding hydrogens is 430 g/mol. The lowest BCUT2D eigenvalue weighted by Gasteiger charge is -2.31. The number of hydrogen-bond acceptors (Lipinski definition) is 5. The second-order valence-electron chi connectivity index (χ2n) is 9.16. The summed E-state index contributed by atoms with van der Waals surface area (Å²) in [5.41, 5.74) is 1.57. The first-order valence-electron chi connectivity index (χ1n) is 11.2. The van der Waals surface area contributed by atoms with Crippen LogP contribution in [0.2, 0.25) is 0 Å². The molecule has 8 nitrogen and oxygen atoms in total. The third kappa shape index (κ3) is 4.21. The molecule has 1 aliphatic carbocycles. The maximum atomic E-state index is 13.4. The van der Waals surface area contributed by atoms with E-state index in [1.807, 2.05) is 12.1 Å². The van der Waals surface area contributed by atoms with E-state index in [-0.39, 0.29) is 37.5 Å². The molecule has 33 heavy (non-hydrogen) atoms. The number of rotatable bonds is 5. The van der Waals surface area contributed by atoms with Crippen LogP contribution in [0.1, 0.15) is 36.5 Å². The standard InChI is InChI=1S/C23H26F2N6O2/c1-15-11-17(15)14-31(18-5-8-30-20(12-18)27-28(2)22(30)33)19-4-3-16(13-26-19)21(32)29-9-6-23(24,25)7-10-29/h3-5,8,12-13,15,17H,6-7,9-11,14H2,1-2H3. The van der Waals surface area contributed by atoms with Gasteiger partial charge in [0.05, 0.1) is 5.56 Å². The number of halogens is 2. The maximum Gasteiger partial charge on any atom is 0.350 e. The molecule has 1 amide bonds. The predicted molar refractivity (Wildman–Crippen MR) is 119 cm³/mol. The Hall–Kier alpha value is -3.30. The van der Waals surface area contributed by atoms with Crippen LogP contribution in [0, 0.1) is 11.8 Å². The Morgan fingerprint density at radius 2 is 1.97 bits per heavy atom. The second kappa shape index (κ2) is 7.93. The fourth-order valence-electron chi connectivity index (χ4n) is 4.35. The van der Waals surface area contributed by atoms with Crippen molar-refractivity contribution in [3.8, 4) is 0 Å². The normalized spacial score (nSPS) is 21.9. The van der Waals surface area contributed by atoms with Crippen molar-refractivity contribution >= 4 is 23.1 Å². The number of fused-ring (bicyclic) bond motifs is 1. The van der Waals surface area contributed by atoms with Crippen LogP contribution >= 0.6 is 0 Å². The molecule has 1 aliphatic heterocycles. The first-order valence-corrected chi connectivity index (χ1v) is 11.2. The fraction of sp³-hybridized carbons (Fsp3) is 0.478. The molecule has 2 unspecified atom stereocenters. The van der Waals surface area contributed by atoms with Crippen molar-refractivity contribution in [1.82, 2.24) is 24.1 Å². The summed E-state index contributed by atoms with van der Waals surface area (Å²) >= 11 is 0. The summed E-state index contributed by atoms with van der Waals surface area (Å²) in [6, 6.07) is 7.19. The average Bonchev–Trinajstić information content (AvgIpc) is 3.43. The summed E-state index contributed by atoms with van der Waals surface area (Å²) in [5, 5.41) is 4.27. The summed E-state index contributed by atoms with van der Waals surface area (Å²) in [6.07, 6.45) is 3.73. The molecule has 3 aromatic rings. The number of amides is 1. The second-order valence-corrected chi connectivity index (χ2v) is 9.16. The van der Waals surface area contributed by atoms with Crippen molar-refractivity contribution in [1.29, 1.82) is 0 Å². The van der Waals surface area contributed by atoms with Gasteiger partial charge in [-0.25, -0.2) is 23.2 Å². The molecular formula is C23H26F2N6O2. The summed E-state index contributed by atoms with van der Waals surface area (Å²) in [4.78, 5) is 33.0. The monoisotopic (exact) mass is 456 g/mol. The minimum Gasteiger partial charge on any atom is -0.338 e. The quantitative estimate of drug-likeness (QED) is 0.590. The average molecular weight is 456 g/mol. The van der Waals surface area contributed by atoms with Gasteiger partial charge in [0.15, 0.2) is 5.65 Å². The van der Waals surface area contributed by atoms with Crippen LogP contribution in [0.25, 0.3) is 5.65 Å². The Morgan fingerprint density at radius 3 is 2.61 bits per heavy atom. The number of aromatic nitrogens is 4. The van der Waals surface area contributed by atoms with Crippen LogP contribution in [0.15, 0.2) is 41.5 Å². The van der Waals surface area contributed by atoms with E-state index in [0.717, 1.165) is 18.7 Å². The van der Waals surface area contributed by atoms with Crippen LogP contribution in [-0.4, -0.2) is 55.5 Å². The van der Waals surface area contributed by atoms with E-state index in [2.05, 4.69) is 21.9 Å². The van der Waals surface area contributed by atoms with E-state index in [4.69, 9.17) is 0 Å². The number of alkyl halides is 2. The van der Waals surface area contributed by atoms with Gasteiger partial charge < -0.3 is 9.80 Å². The van der Waals surface area contributed by atoms with Crippen molar-refractivity contribution < 1.29 is 13.6 Å². The zero-order chi connectivity index (χ0) is 23.3. The molecule has 3 aromatic heterocycles. The topological polar surface area (TPSA) is 75.7 Å². The zero-order valence-corrected chi connectivity index (χ0v) is 18.6. The van der Waals surface area contributed by atoms with Crippen molar-refractivity contribution in [2.45, 2.75) is 32.1 Å². The Balaban J connectivity index is 1.40. The molecule has 0 bridgehead atoms. The van der Waals surface area contributed by atoms with E-state index in [1.165, 1.54) is 20.2 Å². The van der Waals surface area contributed by atoms with E-state index >= 15 is 0 Å². The number of hydrogen-bond donors (Lipinski definition) is 0. The Bertz CT molecular complexity index is 1240. The highest BCUT2D eigenvalue weighted by Crippen LogP contribution is 2.40. The van der Waals surface area contributed by atoms with Gasteiger partial charge >= 0.3 is 5.69 Å². The lowest BCUT2D eigenvalue weighted by atomic mass is 10.1. The van der Waals surface area contributed by atoms with E-state index in [0.29, 0.717) is 28.9 Å². The largest absolute Gasteiger partial charge is 0.350 e. The van der Waals surface area contributed by atoms with Crippen molar-refractivity contribution in [2.24, 2.45) is 18.9 Å². The van der Waals surface area contributed by atoms with Crippen LogP contribution in [-0.2, 0) is 7.05 Å². The molecule has 2 fully saturated rings.